The number of phenolic OH excluding ortho intramolecular Hbond substituents is 1. The van der Waals surface area contributed by atoms with E-state index in [0.29, 0.717) is 5.56 Å². The number of carbonyl (C=O) groups is 1. The lowest BCUT2D eigenvalue weighted by atomic mass is 10.1. The molecule has 18 heavy (non-hydrogen) atoms. The van der Waals surface area contributed by atoms with Gasteiger partial charge in [0.25, 0.3) is 0 Å². The quantitative estimate of drug-likeness (QED) is 0.657. The highest BCUT2D eigenvalue weighted by Gasteiger charge is 2.08. The fraction of sp³-hybridized carbons (Fsp3) is 0.0714. The van der Waals surface area contributed by atoms with Gasteiger partial charge in [-0.1, -0.05) is 18.2 Å². The number of hydrogen-bond donors (Lipinski definition) is 1. The van der Waals surface area contributed by atoms with Crippen molar-refractivity contribution in [1.82, 2.24) is 4.98 Å². The highest BCUT2D eigenvalue weighted by molar-refractivity contribution is 6.00. The molecule has 0 aliphatic rings. The number of pyridine rings is 1. The van der Waals surface area contributed by atoms with E-state index in [-0.39, 0.29) is 18.1 Å². The van der Waals surface area contributed by atoms with Gasteiger partial charge in [-0.3, -0.25) is 14.8 Å². The van der Waals surface area contributed by atoms with Crippen LogP contribution in [0.3, 0.4) is 0 Å². The Balaban J connectivity index is 2.01. The first-order chi connectivity index (χ1) is 8.77. The first-order valence-electron chi connectivity index (χ1n) is 5.48. The van der Waals surface area contributed by atoms with Crippen molar-refractivity contribution < 1.29 is 9.90 Å². The van der Waals surface area contributed by atoms with Gasteiger partial charge in [-0.25, -0.2) is 0 Å². The van der Waals surface area contributed by atoms with E-state index in [1.807, 2.05) is 6.07 Å². The molecule has 0 unspecified atom stereocenters. The maximum absolute atomic E-state index is 11.8. The van der Waals surface area contributed by atoms with E-state index in [4.69, 9.17) is 0 Å². The van der Waals surface area contributed by atoms with E-state index < -0.39 is 0 Å². The molecule has 0 aliphatic heterocycles. The summed E-state index contributed by atoms with van der Waals surface area (Å²) in [5.74, 6) is -0.229. The maximum Gasteiger partial charge on any atom is 0.187 e. The van der Waals surface area contributed by atoms with Crippen molar-refractivity contribution in [2.45, 2.75) is 0 Å². The Hall–Kier alpha value is -2.49. The molecule has 90 valence electrons. The summed E-state index contributed by atoms with van der Waals surface area (Å²) in [6, 6.07) is 10.1. The molecule has 0 atom stereocenters. The molecule has 1 N–H and O–H groups in total. The molecule has 2 rings (SSSR count). The van der Waals surface area contributed by atoms with Crippen LogP contribution >= 0.6 is 0 Å². The molecule has 0 spiro atoms. The van der Waals surface area contributed by atoms with E-state index in [9.17, 15) is 9.90 Å². The van der Waals surface area contributed by atoms with Gasteiger partial charge in [0.15, 0.2) is 5.78 Å². The van der Waals surface area contributed by atoms with Crippen LogP contribution in [-0.2, 0) is 0 Å². The van der Waals surface area contributed by atoms with Gasteiger partial charge in [0, 0.05) is 24.2 Å². The van der Waals surface area contributed by atoms with E-state index in [1.54, 1.807) is 42.9 Å². The molecule has 1 heterocycles. The topological polar surface area (TPSA) is 62.5 Å². The molecule has 0 aliphatic carbocycles. The minimum Gasteiger partial charge on any atom is -0.507 e. The molecule has 2 aromatic rings. The van der Waals surface area contributed by atoms with E-state index in [0.717, 1.165) is 5.56 Å². The highest BCUT2D eigenvalue weighted by atomic mass is 16.3. The monoisotopic (exact) mass is 240 g/mol. The zero-order chi connectivity index (χ0) is 12.8. The molecule has 1 aromatic carbocycles. The Morgan fingerprint density at radius 2 is 2.11 bits per heavy atom. The van der Waals surface area contributed by atoms with Crippen molar-refractivity contribution in [3.63, 3.8) is 0 Å². The number of aromatic hydroxyl groups is 1. The van der Waals surface area contributed by atoms with Crippen LogP contribution in [0.25, 0.3) is 0 Å². The molecule has 0 amide bonds. The van der Waals surface area contributed by atoms with Crippen LogP contribution in [0.1, 0.15) is 15.9 Å². The summed E-state index contributed by atoms with van der Waals surface area (Å²) in [5.41, 5.74) is 1.13. The van der Waals surface area contributed by atoms with Crippen molar-refractivity contribution in [3.05, 3.63) is 59.9 Å². The Labute approximate surface area is 105 Å². The first kappa shape index (κ1) is 12.0. The number of para-hydroxylation sites is 1. The van der Waals surface area contributed by atoms with Gasteiger partial charge in [-0.2, -0.15) is 0 Å². The second-order valence-electron chi connectivity index (χ2n) is 3.70. The van der Waals surface area contributed by atoms with Gasteiger partial charge in [-0.05, 0) is 18.2 Å². The largest absolute Gasteiger partial charge is 0.507 e. The summed E-state index contributed by atoms with van der Waals surface area (Å²) >= 11 is 0. The van der Waals surface area contributed by atoms with Crippen LogP contribution in [0.4, 0.5) is 0 Å². The Morgan fingerprint density at radius 1 is 1.28 bits per heavy atom. The number of aliphatic imine (C=N–C) groups is 1. The van der Waals surface area contributed by atoms with Gasteiger partial charge in [0.2, 0.25) is 0 Å². The molecule has 4 nitrogen and oxygen atoms in total. The van der Waals surface area contributed by atoms with Crippen molar-refractivity contribution in [2.75, 3.05) is 6.54 Å². The molecule has 0 fully saturated rings. The minimum absolute atomic E-state index is 0.00642. The Bertz CT molecular complexity index is 565. The standard InChI is InChI=1S/C14H12N2O2/c17-13-6-2-1-5-12(13)14(18)10-16-9-11-4-3-7-15-8-11/h1-9,17H,10H2. The number of ketones is 1. The number of phenols is 1. The zero-order valence-electron chi connectivity index (χ0n) is 9.65. The fourth-order valence-corrected chi connectivity index (χ4v) is 1.48. The van der Waals surface area contributed by atoms with Crippen LogP contribution < -0.4 is 0 Å². The van der Waals surface area contributed by atoms with Crippen LogP contribution in [0.2, 0.25) is 0 Å². The van der Waals surface area contributed by atoms with Gasteiger partial charge >= 0.3 is 0 Å². The lowest BCUT2D eigenvalue weighted by Gasteiger charge is -2.00. The Morgan fingerprint density at radius 3 is 2.83 bits per heavy atom. The normalized spacial score (nSPS) is 10.7. The van der Waals surface area contributed by atoms with Crippen LogP contribution in [0, 0.1) is 0 Å². The Kier molecular flexibility index (Phi) is 3.81. The van der Waals surface area contributed by atoms with Gasteiger partial charge in [0.05, 0.1) is 5.56 Å². The van der Waals surface area contributed by atoms with Gasteiger partial charge in [0.1, 0.15) is 12.3 Å². The minimum atomic E-state index is -0.215. The SMILES string of the molecule is O=C(CN=Cc1cccnc1)c1ccccc1O. The molecule has 0 saturated heterocycles. The molecule has 0 radical (unpaired) electrons. The second kappa shape index (κ2) is 5.72. The molecular weight excluding hydrogens is 228 g/mol. The molecule has 0 bridgehead atoms. The van der Waals surface area contributed by atoms with E-state index in [1.165, 1.54) is 6.07 Å². The third-order valence-corrected chi connectivity index (χ3v) is 2.36. The van der Waals surface area contributed by atoms with Crippen molar-refractivity contribution in [3.8, 4) is 5.75 Å². The number of rotatable bonds is 4. The smallest absolute Gasteiger partial charge is 0.187 e. The third-order valence-electron chi connectivity index (χ3n) is 2.36. The summed E-state index contributed by atoms with van der Waals surface area (Å²) in [6.45, 7) is 0.00642. The molecule has 1 aromatic heterocycles. The average molecular weight is 240 g/mol. The second-order valence-corrected chi connectivity index (χ2v) is 3.70. The number of benzene rings is 1. The average Bonchev–Trinajstić information content (AvgIpc) is 2.40. The number of carbonyl (C=O) groups excluding carboxylic acids is 1. The van der Waals surface area contributed by atoms with Gasteiger partial charge < -0.3 is 5.11 Å². The summed E-state index contributed by atoms with van der Waals surface area (Å²) in [7, 11) is 0. The highest BCUT2D eigenvalue weighted by Crippen LogP contribution is 2.15. The predicted octanol–water partition coefficient (Wildman–Crippen LogP) is 2.09. The zero-order valence-corrected chi connectivity index (χ0v) is 9.65. The van der Waals surface area contributed by atoms with E-state index in [2.05, 4.69) is 9.98 Å². The maximum atomic E-state index is 11.8. The van der Waals surface area contributed by atoms with Crippen LogP contribution in [0.5, 0.6) is 5.75 Å². The molecule has 4 heteroatoms. The first-order valence-corrected chi connectivity index (χ1v) is 5.48. The fourth-order valence-electron chi connectivity index (χ4n) is 1.48. The third kappa shape index (κ3) is 3.01. The molecular formula is C14H12N2O2. The summed E-state index contributed by atoms with van der Waals surface area (Å²) in [6.07, 6.45) is 4.92. The van der Waals surface area contributed by atoms with Crippen molar-refractivity contribution in [2.24, 2.45) is 4.99 Å². The number of Topliss-reactive ketones (excluding diaryl/α,β-unsaturated/α-hetero) is 1. The van der Waals surface area contributed by atoms with Crippen LogP contribution in [0.15, 0.2) is 53.8 Å². The van der Waals surface area contributed by atoms with Gasteiger partial charge in [-0.15, -0.1) is 0 Å². The molecule has 0 saturated carbocycles. The summed E-state index contributed by atoms with van der Waals surface area (Å²) in [5, 5.41) is 9.51. The summed E-state index contributed by atoms with van der Waals surface area (Å²) < 4.78 is 0. The summed E-state index contributed by atoms with van der Waals surface area (Å²) in [4.78, 5) is 19.7. The lowest BCUT2D eigenvalue weighted by molar-refractivity contribution is 0.0999. The number of hydrogen-bond acceptors (Lipinski definition) is 4. The number of nitrogens with zero attached hydrogens (tertiary/aromatic N) is 2. The van der Waals surface area contributed by atoms with Crippen molar-refractivity contribution >= 4 is 12.0 Å². The number of aromatic nitrogens is 1. The predicted molar refractivity (Wildman–Crippen MR) is 69.1 cm³/mol. The van der Waals surface area contributed by atoms with E-state index >= 15 is 0 Å². The van der Waals surface area contributed by atoms with Crippen LogP contribution in [-0.4, -0.2) is 28.6 Å². The lowest BCUT2D eigenvalue weighted by Crippen LogP contribution is -2.03. The van der Waals surface area contributed by atoms with Crippen molar-refractivity contribution in [1.29, 1.82) is 0 Å².